The molecule has 0 aliphatic heterocycles. The summed E-state index contributed by atoms with van der Waals surface area (Å²) in [6.07, 6.45) is 0. The number of nitrogens with zero attached hydrogens (tertiary/aromatic N) is 1. The van der Waals surface area contributed by atoms with E-state index in [2.05, 4.69) is 21.7 Å². The van der Waals surface area contributed by atoms with Crippen LogP contribution in [0.15, 0.2) is 18.2 Å². The molecule has 0 aliphatic rings. The summed E-state index contributed by atoms with van der Waals surface area (Å²) < 4.78 is 5.97. The molecule has 2 N–H and O–H groups in total. The number of anilines is 1. The van der Waals surface area contributed by atoms with Crippen molar-refractivity contribution < 1.29 is 9.53 Å². The summed E-state index contributed by atoms with van der Waals surface area (Å²) in [5.41, 5.74) is 2.11. The van der Waals surface area contributed by atoms with Crippen LogP contribution in [0.3, 0.4) is 0 Å². The molecule has 0 saturated heterocycles. The molecule has 102 valence electrons. The van der Waals surface area contributed by atoms with E-state index in [-0.39, 0.29) is 12.5 Å². The highest BCUT2D eigenvalue weighted by molar-refractivity contribution is 7.22. The Morgan fingerprint density at radius 3 is 3.11 bits per heavy atom. The molecular formula is C13H17N3O2S. The van der Waals surface area contributed by atoms with Crippen molar-refractivity contribution in [3.63, 3.8) is 0 Å². The molecule has 0 atom stereocenters. The highest BCUT2D eigenvalue weighted by Gasteiger charge is 2.07. The lowest BCUT2D eigenvalue weighted by molar-refractivity contribution is -0.115. The SMILES string of the molecule is COCCNCC(=O)Nc1nc2ccc(C)cc2s1. The molecule has 0 unspecified atom stereocenters. The smallest absolute Gasteiger partial charge is 0.240 e. The Morgan fingerprint density at radius 2 is 2.32 bits per heavy atom. The van der Waals surface area contributed by atoms with Crippen molar-refractivity contribution in [1.82, 2.24) is 10.3 Å². The number of methoxy groups -OCH3 is 1. The van der Waals surface area contributed by atoms with Gasteiger partial charge in [0.05, 0.1) is 23.4 Å². The van der Waals surface area contributed by atoms with Crippen LogP contribution in [-0.2, 0) is 9.53 Å². The van der Waals surface area contributed by atoms with E-state index in [0.717, 1.165) is 10.2 Å². The first-order chi connectivity index (χ1) is 9.19. The highest BCUT2D eigenvalue weighted by atomic mass is 32.1. The minimum Gasteiger partial charge on any atom is -0.383 e. The van der Waals surface area contributed by atoms with Gasteiger partial charge in [-0.05, 0) is 24.6 Å². The van der Waals surface area contributed by atoms with Gasteiger partial charge in [-0.3, -0.25) is 4.79 Å². The third kappa shape index (κ3) is 3.99. The first kappa shape index (κ1) is 13.9. The fraction of sp³-hybridized carbons (Fsp3) is 0.385. The molecule has 0 bridgehead atoms. The van der Waals surface area contributed by atoms with E-state index < -0.39 is 0 Å². The van der Waals surface area contributed by atoms with Gasteiger partial charge in [-0.2, -0.15) is 0 Å². The Morgan fingerprint density at radius 1 is 1.47 bits per heavy atom. The van der Waals surface area contributed by atoms with Crippen molar-refractivity contribution >= 4 is 32.6 Å². The highest BCUT2D eigenvalue weighted by Crippen LogP contribution is 2.26. The van der Waals surface area contributed by atoms with E-state index in [1.54, 1.807) is 7.11 Å². The minimum absolute atomic E-state index is 0.0909. The Labute approximate surface area is 116 Å². The van der Waals surface area contributed by atoms with Crippen LogP contribution in [0.25, 0.3) is 10.2 Å². The number of nitrogens with one attached hydrogen (secondary N) is 2. The van der Waals surface area contributed by atoms with Gasteiger partial charge >= 0.3 is 0 Å². The summed E-state index contributed by atoms with van der Waals surface area (Å²) >= 11 is 1.49. The van der Waals surface area contributed by atoms with E-state index in [9.17, 15) is 4.79 Å². The van der Waals surface area contributed by atoms with E-state index in [4.69, 9.17) is 4.74 Å². The van der Waals surface area contributed by atoms with Crippen molar-refractivity contribution in [1.29, 1.82) is 0 Å². The Kier molecular flexibility index (Phi) is 4.84. The number of hydrogen-bond donors (Lipinski definition) is 2. The first-order valence-corrected chi connectivity index (χ1v) is 6.87. The molecule has 1 heterocycles. The maximum Gasteiger partial charge on any atom is 0.240 e. The lowest BCUT2D eigenvalue weighted by Gasteiger charge is -2.03. The van der Waals surface area contributed by atoms with Gasteiger partial charge in [0.1, 0.15) is 0 Å². The lowest BCUT2D eigenvalue weighted by Crippen LogP contribution is -2.30. The number of carbonyl (C=O) groups excluding carboxylic acids is 1. The summed E-state index contributed by atoms with van der Waals surface area (Å²) in [7, 11) is 1.63. The second-order valence-electron chi connectivity index (χ2n) is 4.21. The van der Waals surface area contributed by atoms with Crippen LogP contribution in [0.1, 0.15) is 5.56 Å². The zero-order valence-electron chi connectivity index (χ0n) is 11.0. The average Bonchev–Trinajstić information content (AvgIpc) is 2.76. The first-order valence-electron chi connectivity index (χ1n) is 6.06. The molecule has 0 fully saturated rings. The van der Waals surface area contributed by atoms with Gasteiger partial charge in [-0.15, -0.1) is 0 Å². The average molecular weight is 279 g/mol. The summed E-state index contributed by atoms with van der Waals surface area (Å²) in [4.78, 5) is 16.0. The number of hydrogen-bond acceptors (Lipinski definition) is 5. The number of benzene rings is 1. The maximum atomic E-state index is 11.7. The fourth-order valence-electron chi connectivity index (χ4n) is 1.62. The standard InChI is InChI=1S/C13H17N3O2S/c1-9-3-4-10-11(7-9)19-13(15-10)16-12(17)8-14-5-6-18-2/h3-4,7,14H,5-6,8H2,1-2H3,(H,15,16,17). The minimum atomic E-state index is -0.0909. The topological polar surface area (TPSA) is 63.2 Å². The zero-order valence-corrected chi connectivity index (χ0v) is 11.8. The maximum absolute atomic E-state index is 11.7. The van der Waals surface area contributed by atoms with Gasteiger partial charge in [0.25, 0.3) is 0 Å². The second kappa shape index (κ2) is 6.60. The van der Waals surface area contributed by atoms with Crippen molar-refractivity contribution in [3.05, 3.63) is 23.8 Å². The molecule has 2 aromatic rings. The second-order valence-corrected chi connectivity index (χ2v) is 5.24. The summed E-state index contributed by atoms with van der Waals surface area (Å²) in [6.45, 7) is 3.55. The van der Waals surface area contributed by atoms with Crippen molar-refractivity contribution in [3.8, 4) is 0 Å². The Balaban J connectivity index is 1.91. The van der Waals surface area contributed by atoms with Crippen molar-refractivity contribution in [2.75, 3.05) is 32.1 Å². The number of rotatable bonds is 6. The molecule has 0 aliphatic carbocycles. The Bertz CT molecular complexity index is 568. The van der Waals surface area contributed by atoms with Crippen molar-refractivity contribution in [2.45, 2.75) is 6.92 Å². The molecule has 1 amide bonds. The van der Waals surface area contributed by atoms with Crippen LogP contribution in [0.5, 0.6) is 0 Å². The van der Waals surface area contributed by atoms with Crippen LogP contribution in [0.2, 0.25) is 0 Å². The molecule has 1 aromatic heterocycles. The lowest BCUT2D eigenvalue weighted by atomic mass is 10.2. The molecule has 19 heavy (non-hydrogen) atoms. The van der Waals surface area contributed by atoms with Gasteiger partial charge < -0.3 is 15.4 Å². The quantitative estimate of drug-likeness (QED) is 0.791. The molecule has 0 radical (unpaired) electrons. The summed E-state index contributed by atoms with van der Waals surface area (Å²) in [5, 5.41) is 6.42. The van der Waals surface area contributed by atoms with Crippen LogP contribution in [0.4, 0.5) is 5.13 Å². The number of amides is 1. The van der Waals surface area contributed by atoms with Crippen LogP contribution in [-0.4, -0.2) is 37.7 Å². The van der Waals surface area contributed by atoms with Crippen LogP contribution >= 0.6 is 11.3 Å². The molecule has 0 saturated carbocycles. The van der Waals surface area contributed by atoms with E-state index in [1.165, 1.54) is 16.9 Å². The number of ether oxygens (including phenoxy) is 1. The normalized spacial score (nSPS) is 10.8. The zero-order chi connectivity index (χ0) is 13.7. The molecule has 2 rings (SSSR count). The molecule has 6 heteroatoms. The van der Waals surface area contributed by atoms with Gasteiger partial charge in [0, 0.05) is 13.7 Å². The van der Waals surface area contributed by atoms with E-state index in [0.29, 0.717) is 18.3 Å². The predicted octanol–water partition coefficient (Wildman–Crippen LogP) is 1.78. The van der Waals surface area contributed by atoms with Gasteiger partial charge in [-0.25, -0.2) is 4.98 Å². The largest absolute Gasteiger partial charge is 0.383 e. The molecule has 5 nitrogen and oxygen atoms in total. The number of carbonyl (C=O) groups is 1. The third-order valence-electron chi connectivity index (χ3n) is 2.56. The number of fused-ring (bicyclic) bond motifs is 1. The molecular weight excluding hydrogens is 262 g/mol. The van der Waals surface area contributed by atoms with E-state index >= 15 is 0 Å². The summed E-state index contributed by atoms with van der Waals surface area (Å²) in [5.74, 6) is -0.0909. The number of thiazole rings is 1. The van der Waals surface area contributed by atoms with Crippen LogP contribution in [0, 0.1) is 6.92 Å². The predicted molar refractivity (Wildman–Crippen MR) is 77.7 cm³/mol. The van der Waals surface area contributed by atoms with E-state index in [1.807, 2.05) is 19.1 Å². The Hall–Kier alpha value is -1.50. The van der Waals surface area contributed by atoms with Gasteiger partial charge in [0.15, 0.2) is 5.13 Å². The molecule has 0 spiro atoms. The van der Waals surface area contributed by atoms with Crippen molar-refractivity contribution in [2.24, 2.45) is 0 Å². The summed E-state index contributed by atoms with van der Waals surface area (Å²) in [6, 6.07) is 6.05. The van der Waals surface area contributed by atoms with Gasteiger partial charge in [0.2, 0.25) is 5.91 Å². The fourth-order valence-corrected chi connectivity index (χ4v) is 2.61. The number of aryl methyl sites for hydroxylation is 1. The number of aromatic nitrogens is 1. The third-order valence-corrected chi connectivity index (χ3v) is 3.49. The van der Waals surface area contributed by atoms with Gasteiger partial charge in [-0.1, -0.05) is 17.4 Å². The van der Waals surface area contributed by atoms with Crippen LogP contribution < -0.4 is 10.6 Å². The monoisotopic (exact) mass is 279 g/mol. The molecule has 1 aromatic carbocycles.